The average Bonchev–Trinajstić information content (AvgIpc) is 2.40. The summed E-state index contributed by atoms with van der Waals surface area (Å²) in [6.45, 7) is 3.93. The highest BCUT2D eigenvalue weighted by Crippen LogP contribution is 2.30. The Morgan fingerprint density at radius 2 is 1.84 bits per heavy atom. The molecule has 0 spiro atoms. The molecule has 19 heavy (non-hydrogen) atoms. The maximum absolute atomic E-state index is 10.5. The fraction of sp³-hybridized carbons (Fsp3) is 0.250. The number of rotatable bonds is 3. The minimum atomic E-state index is -0.677. The van der Waals surface area contributed by atoms with Crippen LogP contribution in [0.15, 0.2) is 36.4 Å². The van der Waals surface area contributed by atoms with Crippen LogP contribution in [0.25, 0.3) is 0 Å². The van der Waals surface area contributed by atoms with Crippen molar-refractivity contribution in [2.75, 3.05) is 7.11 Å². The summed E-state index contributed by atoms with van der Waals surface area (Å²) in [7, 11) is 1.65. The maximum Gasteiger partial charge on any atom is 0.122 e. The van der Waals surface area contributed by atoms with Crippen molar-refractivity contribution in [3.63, 3.8) is 0 Å². The van der Waals surface area contributed by atoms with Crippen molar-refractivity contribution in [1.29, 1.82) is 0 Å². The summed E-state index contributed by atoms with van der Waals surface area (Å²) in [5.41, 5.74) is 3.67. The monoisotopic (exact) mass is 276 g/mol. The van der Waals surface area contributed by atoms with Gasteiger partial charge in [-0.3, -0.25) is 0 Å². The molecule has 1 N–H and O–H groups in total. The van der Waals surface area contributed by atoms with Crippen molar-refractivity contribution in [2.24, 2.45) is 0 Å². The second-order valence-electron chi connectivity index (χ2n) is 4.64. The molecular weight excluding hydrogens is 260 g/mol. The van der Waals surface area contributed by atoms with Crippen LogP contribution in [-0.2, 0) is 0 Å². The quantitative estimate of drug-likeness (QED) is 0.916. The zero-order valence-electron chi connectivity index (χ0n) is 11.3. The predicted octanol–water partition coefficient (Wildman–Crippen LogP) is 4.05. The van der Waals surface area contributed by atoms with Gasteiger partial charge in [0.1, 0.15) is 11.9 Å². The van der Waals surface area contributed by atoms with Gasteiger partial charge in [0.2, 0.25) is 0 Å². The molecule has 2 nitrogen and oxygen atoms in total. The number of halogens is 1. The SMILES string of the molecule is COc1cc(C)c(C(O)c2cccc(Cl)c2)cc1C. The Bertz CT molecular complexity index is 593. The topological polar surface area (TPSA) is 29.5 Å². The van der Waals surface area contributed by atoms with Crippen LogP contribution in [0.1, 0.15) is 28.4 Å². The predicted molar refractivity (Wildman–Crippen MR) is 78.0 cm³/mol. The number of ether oxygens (including phenoxy) is 1. The number of aliphatic hydroxyl groups is 1. The molecule has 2 aromatic rings. The molecule has 1 unspecified atom stereocenters. The second kappa shape index (κ2) is 5.64. The van der Waals surface area contributed by atoms with E-state index in [0.717, 1.165) is 28.0 Å². The Kier molecular flexibility index (Phi) is 4.13. The van der Waals surface area contributed by atoms with E-state index in [-0.39, 0.29) is 0 Å². The van der Waals surface area contributed by atoms with Crippen molar-refractivity contribution < 1.29 is 9.84 Å². The largest absolute Gasteiger partial charge is 0.496 e. The van der Waals surface area contributed by atoms with Crippen LogP contribution in [0.5, 0.6) is 5.75 Å². The molecule has 3 heteroatoms. The smallest absolute Gasteiger partial charge is 0.122 e. The molecule has 2 aromatic carbocycles. The lowest BCUT2D eigenvalue weighted by Gasteiger charge is -2.17. The lowest BCUT2D eigenvalue weighted by Crippen LogP contribution is -2.03. The van der Waals surface area contributed by atoms with Crippen LogP contribution < -0.4 is 4.74 Å². The van der Waals surface area contributed by atoms with Crippen LogP contribution in [0.2, 0.25) is 5.02 Å². The third-order valence-corrected chi connectivity index (χ3v) is 3.48. The van der Waals surface area contributed by atoms with Crippen molar-refractivity contribution in [1.82, 2.24) is 0 Å². The van der Waals surface area contributed by atoms with E-state index < -0.39 is 6.10 Å². The van der Waals surface area contributed by atoms with Crippen molar-refractivity contribution in [3.8, 4) is 5.75 Å². The fourth-order valence-electron chi connectivity index (χ4n) is 2.18. The third-order valence-electron chi connectivity index (χ3n) is 3.24. The van der Waals surface area contributed by atoms with E-state index in [4.69, 9.17) is 16.3 Å². The van der Waals surface area contributed by atoms with Crippen LogP contribution >= 0.6 is 11.6 Å². The van der Waals surface area contributed by atoms with Gasteiger partial charge in [-0.1, -0.05) is 23.7 Å². The van der Waals surface area contributed by atoms with Gasteiger partial charge in [-0.25, -0.2) is 0 Å². The zero-order valence-corrected chi connectivity index (χ0v) is 12.0. The summed E-state index contributed by atoms with van der Waals surface area (Å²) < 4.78 is 5.28. The molecule has 1 atom stereocenters. The second-order valence-corrected chi connectivity index (χ2v) is 5.07. The first-order chi connectivity index (χ1) is 9.02. The average molecular weight is 277 g/mol. The molecule has 0 aliphatic heterocycles. The standard InChI is InChI=1S/C16H17ClO2/c1-10-8-15(19-3)11(2)7-14(10)16(18)12-5-4-6-13(17)9-12/h4-9,16,18H,1-3H3. The van der Waals surface area contributed by atoms with E-state index in [0.29, 0.717) is 5.02 Å². The first-order valence-corrected chi connectivity index (χ1v) is 6.49. The maximum atomic E-state index is 10.5. The number of aryl methyl sites for hydroxylation is 2. The van der Waals surface area contributed by atoms with Gasteiger partial charge in [0.25, 0.3) is 0 Å². The molecule has 0 aliphatic carbocycles. The highest BCUT2D eigenvalue weighted by atomic mass is 35.5. The van der Waals surface area contributed by atoms with E-state index in [1.807, 2.05) is 38.1 Å². The Hall–Kier alpha value is -1.51. The molecular formula is C16H17ClO2. The van der Waals surface area contributed by atoms with Crippen molar-refractivity contribution >= 4 is 11.6 Å². The molecule has 0 fully saturated rings. The summed E-state index contributed by atoms with van der Waals surface area (Å²) in [4.78, 5) is 0. The summed E-state index contributed by atoms with van der Waals surface area (Å²) in [6.07, 6.45) is -0.677. The van der Waals surface area contributed by atoms with Crippen LogP contribution in [0, 0.1) is 13.8 Å². The highest BCUT2D eigenvalue weighted by Gasteiger charge is 2.15. The van der Waals surface area contributed by atoms with Crippen LogP contribution in [0.4, 0.5) is 0 Å². The van der Waals surface area contributed by atoms with E-state index >= 15 is 0 Å². The summed E-state index contributed by atoms with van der Waals surface area (Å²) in [5.74, 6) is 0.833. The van der Waals surface area contributed by atoms with Gasteiger partial charge >= 0.3 is 0 Å². The summed E-state index contributed by atoms with van der Waals surface area (Å²) in [5, 5.41) is 11.1. The molecule has 0 aromatic heterocycles. The number of benzene rings is 2. The first-order valence-electron chi connectivity index (χ1n) is 6.11. The lowest BCUT2D eigenvalue weighted by molar-refractivity contribution is 0.219. The molecule has 0 amide bonds. The molecule has 2 rings (SSSR count). The molecule has 0 heterocycles. The van der Waals surface area contributed by atoms with E-state index in [2.05, 4.69) is 0 Å². The third kappa shape index (κ3) is 2.91. The van der Waals surface area contributed by atoms with Gasteiger partial charge in [0.15, 0.2) is 0 Å². The molecule has 0 bridgehead atoms. The minimum Gasteiger partial charge on any atom is -0.496 e. The van der Waals surface area contributed by atoms with Crippen molar-refractivity contribution in [3.05, 3.63) is 63.7 Å². The Morgan fingerprint density at radius 3 is 2.47 bits per heavy atom. The van der Waals surface area contributed by atoms with E-state index in [9.17, 15) is 5.11 Å². The molecule has 0 aliphatic rings. The highest BCUT2D eigenvalue weighted by molar-refractivity contribution is 6.30. The molecule has 0 saturated heterocycles. The first kappa shape index (κ1) is 13.9. The van der Waals surface area contributed by atoms with Gasteiger partial charge in [-0.05, 0) is 60.4 Å². The van der Waals surface area contributed by atoms with Crippen molar-refractivity contribution in [2.45, 2.75) is 20.0 Å². The number of hydrogen-bond acceptors (Lipinski definition) is 2. The van der Waals surface area contributed by atoms with E-state index in [1.54, 1.807) is 19.2 Å². The molecule has 0 saturated carbocycles. The number of aliphatic hydroxyl groups excluding tert-OH is 1. The van der Waals surface area contributed by atoms with Gasteiger partial charge in [0.05, 0.1) is 7.11 Å². The summed E-state index contributed by atoms with van der Waals surface area (Å²) >= 11 is 5.96. The van der Waals surface area contributed by atoms with Gasteiger partial charge in [-0.15, -0.1) is 0 Å². The van der Waals surface area contributed by atoms with Gasteiger partial charge in [0, 0.05) is 5.02 Å². The van der Waals surface area contributed by atoms with Crippen LogP contribution in [-0.4, -0.2) is 12.2 Å². The Balaban J connectivity index is 2.44. The number of hydrogen-bond donors (Lipinski definition) is 1. The minimum absolute atomic E-state index is 0.624. The lowest BCUT2D eigenvalue weighted by atomic mass is 9.95. The summed E-state index contributed by atoms with van der Waals surface area (Å²) in [6, 6.07) is 11.2. The molecule has 100 valence electrons. The fourth-order valence-corrected chi connectivity index (χ4v) is 2.38. The van der Waals surface area contributed by atoms with E-state index in [1.165, 1.54) is 0 Å². The van der Waals surface area contributed by atoms with Gasteiger partial charge < -0.3 is 9.84 Å². The normalized spacial score (nSPS) is 12.3. The Labute approximate surface area is 118 Å². The number of methoxy groups -OCH3 is 1. The van der Waals surface area contributed by atoms with Crippen LogP contribution in [0.3, 0.4) is 0 Å². The zero-order chi connectivity index (χ0) is 14.0. The van der Waals surface area contributed by atoms with Gasteiger partial charge in [-0.2, -0.15) is 0 Å². The molecule has 0 radical (unpaired) electrons. The Morgan fingerprint density at radius 1 is 1.11 bits per heavy atom.